The van der Waals surface area contributed by atoms with Crippen LogP contribution in [0.4, 0.5) is 0 Å². The minimum Gasteiger partial charge on any atom is -0.477 e. The van der Waals surface area contributed by atoms with Crippen molar-refractivity contribution in [3.63, 3.8) is 0 Å². The van der Waals surface area contributed by atoms with Crippen LogP contribution in [0.1, 0.15) is 20.8 Å². The van der Waals surface area contributed by atoms with E-state index in [1.807, 2.05) is 6.92 Å². The van der Waals surface area contributed by atoms with Crippen molar-refractivity contribution in [1.82, 2.24) is 4.83 Å². The number of nitrogens with one attached hydrogen (secondary N) is 1. The molecule has 1 aromatic carbocycles. The highest BCUT2D eigenvalue weighted by Gasteiger charge is 2.13. The van der Waals surface area contributed by atoms with Gasteiger partial charge in [-0.2, -0.15) is 13.5 Å². The normalized spacial score (nSPS) is 11.7. The Morgan fingerprint density at radius 1 is 1.29 bits per heavy atom. The van der Waals surface area contributed by atoms with Crippen molar-refractivity contribution in [2.45, 2.75) is 11.8 Å². The van der Waals surface area contributed by atoms with Crippen LogP contribution in [-0.2, 0) is 10.0 Å². The van der Waals surface area contributed by atoms with Crippen molar-refractivity contribution in [1.29, 1.82) is 0 Å². The molecule has 0 radical (unpaired) electrons. The fourth-order valence-electron chi connectivity index (χ4n) is 1.53. The number of thiophene rings is 1. The molecule has 0 aliphatic heterocycles. The summed E-state index contributed by atoms with van der Waals surface area (Å²) >= 11 is 1.05. The van der Waals surface area contributed by atoms with Crippen LogP contribution < -0.4 is 4.83 Å². The average Bonchev–Trinajstić information content (AvgIpc) is 2.87. The van der Waals surface area contributed by atoms with Crippen LogP contribution in [0.15, 0.2) is 45.7 Å². The Morgan fingerprint density at radius 2 is 1.95 bits per heavy atom. The summed E-state index contributed by atoms with van der Waals surface area (Å²) in [6.07, 6.45) is 1.17. The SMILES string of the molecule is Cc1ccc(S(=O)(=O)NN=Cc2ccsc2C(=O)O)cc1. The first kappa shape index (κ1) is 15.2. The molecule has 0 unspecified atom stereocenters. The molecule has 2 aromatic rings. The van der Waals surface area contributed by atoms with Gasteiger partial charge in [0.15, 0.2) is 0 Å². The maximum absolute atomic E-state index is 12.0. The lowest BCUT2D eigenvalue weighted by Crippen LogP contribution is -2.18. The summed E-state index contributed by atoms with van der Waals surface area (Å²) in [5.74, 6) is -1.08. The second kappa shape index (κ2) is 6.06. The zero-order valence-electron chi connectivity index (χ0n) is 11.0. The third kappa shape index (κ3) is 3.67. The van der Waals surface area contributed by atoms with E-state index in [0.717, 1.165) is 16.9 Å². The topological polar surface area (TPSA) is 95.8 Å². The molecule has 110 valence electrons. The van der Waals surface area contributed by atoms with Gasteiger partial charge >= 0.3 is 5.97 Å². The van der Waals surface area contributed by atoms with Crippen molar-refractivity contribution < 1.29 is 18.3 Å². The molecule has 0 fully saturated rings. The van der Waals surface area contributed by atoms with Crippen LogP contribution in [0.3, 0.4) is 0 Å². The lowest BCUT2D eigenvalue weighted by Gasteiger charge is -2.03. The first-order valence-electron chi connectivity index (χ1n) is 5.82. The van der Waals surface area contributed by atoms with Gasteiger partial charge in [-0.1, -0.05) is 17.7 Å². The van der Waals surface area contributed by atoms with Gasteiger partial charge in [0.1, 0.15) is 4.88 Å². The van der Waals surface area contributed by atoms with E-state index in [1.54, 1.807) is 23.6 Å². The molecule has 1 aromatic heterocycles. The van der Waals surface area contributed by atoms with E-state index < -0.39 is 16.0 Å². The Bertz CT molecular complexity index is 777. The Labute approximate surface area is 125 Å². The Morgan fingerprint density at radius 3 is 2.57 bits per heavy atom. The molecular formula is C13H12N2O4S2. The third-order valence-corrected chi connectivity index (χ3v) is 4.75. The van der Waals surface area contributed by atoms with Crippen molar-refractivity contribution >= 4 is 33.5 Å². The molecule has 2 rings (SSSR count). The van der Waals surface area contributed by atoms with Gasteiger partial charge in [-0.05, 0) is 30.5 Å². The van der Waals surface area contributed by atoms with Gasteiger partial charge in [-0.15, -0.1) is 11.3 Å². The van der Waals surface area contributed by atoms with E-state index in [-0.39, 0.29) is 9.77 Å². The van der Waals surface area contributed by atoms with Crippen molar-refractivity contribution in [2.75, 3.05) is 0 Å². The van der Waals surface area contributed by atoms with Gasteiger partial charge in [0.25, 0.3) is 10.0 Å². The average molecular weight is 324 g/mol. The molecule has 8 heteroatoms. The van der Waals surface area contributed by atoms with Crippen LogP contribution in [0, 0.1) is 6.92 Å². The molecule has 2 N–H and O–H groups in total. The zero-order valence-corrected chi connectivity index (χ0v) is 12.6. The molecule has 21 heavy (non-hydrogen) atoms. The van der Waals surface area contributed by atoms with Gasteiger partial charge in [0, 0.05) is 5.56 Å². The Hall–Kier alpha value is -2.19. The Kier molecular flexibility index (Phi) is 4.39. The summed E-state index contributed by atoms with van der Waals surface area (Å²) in [6.45, 7) is 1.85. The number of benzene rings is 1. The zero-order chi connectivity index (χ0) is 15.5. The number of carboxylic acids is 1. The molecular weight excluding hydrogens is 312 g/mol. The minimum absolute atomic E-state index is 0.0917. The van der Waals surface area contributed by atoms with Gasteiger partial charge in [-0.25, -0.2) is 9.63 Å². The molecule has 0 saturated heterocycles. The largest absolute Gasteiger partial charge is 0.477 e. The van der Waals surface area contributed by atoms with Crippen LogP contribution in [0.2, 0.25) is 0 Å². The predicted octanol–water partition coefficient (Wildman–Crippen LogP) is 2.07. The fraction of sp³-hybridized carbons (Fsp3) is 0.0769. The second-order valence-corrected chi connectivity index (χ2v) is 6.75. The van der Waals surface area contributed by atoms with Gasteiger partial charge < -0.3 is 5.11 Å². The van der Waals surface area contributed by atoms with E-state index in [1.165, 1.54) is 18.3 Å². The van der Waals surface area contributed by atoms with Gasteiger partial charge in [0.2, 0.25) is 0 Å². The number of carbonyl (C=O) groups is 1. The summed E-state index contributed by atoms with van der Waals surface area (Å²) in [5, 5.41) is 14.1. The first-order valence-corrected chi connectivity index (χ1v) is 8.19. The van der Waals surface area contributed by atoms with Gasteiger partial charge in [-0.3, -0.25) is 0 Å². The molecule has 1 heterocycles. The number of nitrogens with zero attached hydrogens (tertiary/aromatic N) is 1. The van der Waals surface area contributed by atoms with Crippen LogP contribution in [0.5, 0.6) is 0 Å². The predicted molar refractivity (Wildman–Crippen MR) is 80.4 cm³/mol. The standard InChI is InChI=1S/C13H12N2O4S2/c1-9-2-4-11(5-3-9)21(18,19)15-14-8-10-6-7-20-12(10)13(16)17/h2-8,15H,1H3,(H,16,17). The summed E-state index contributed by atoms with van der Waals surface area (Å²) < 4.78 is 23.9. The Balaban J connectivity index is 2.15. The van der Waals surface area contributed by atoms with Crippen molar-refractivity contribution in [3.05, 3.63) is 51.7 Å². The van der Waals surface area contributed by atoms with E-state index in [0.29, 0.717) is 5.56 Å². The maximum Gasteiger partial charge on any atom is 0.346 e. The summed E-state index contributed by atoms with van der Waals surface area (Å²) in [7, 11) is -3.76. The summed E-state index contributed by atoms with van der Waals surface area (Å²) in [4.78, 5) is 13.2. The molecule has 0 amide bonds. The summed E-state index contributed by atoms with van der Waals surface area (Å²) in [5.41, 5.74) is 1.29. The molecule has 0 bridgehead atoms. The monoisotopic (exact) mass is 324 g/mol. The molecule has 0 atom stereocenters. The number of hydrazone groups is 1. The minimum atomic E-state index is -3.76. The highest BCUT2D eigenvalue weighted by Crippen LogP contribution is 2.15. The number of hydrogen-bond donors (Lipinski definition) is 2. The number of sulfonamides is 1. The number of rotatable bonds is 5. The second-order valence-electron chi connectivity index (χ2n) is 4.18. The van der Waals surface area contributed by atoms with Crippen LogP contribution >= 0.6 is 11.3 Å². The lowest BCUT2D eigenvalue weighted by molar-refractivity contribution is 0.0702. The van der Waals surface area contributed by atoms with Crippen LogP contribution in [0.25, 0.3) is 0 Å². The number of hydrogen-bond acceptors (Lipinski definition) is 5. The quantitative estimate of drug-likeness (QED) is 0.650. The first-order chi connectivity index (χ1) is 9.90. The molecule has 0 aliphatic rings. The highest BCUT2D eigenvalue weighted by molar-refractivity contribution is 7.89. The number of aromatic carboxylic acids is 1. The number of carboxylic acid groups (broad SMARTS) is 1. The molecule has 0 aliphatic carbocycles. The molecule has 0 saturated carbocycles. The van der Waals surface area contributed by atoms with Crippen molar-refractivity contribution in [3.8, 4) is 0 Å². The smallest absolute Gasteiger partial charge is 0.346 e. The maximum atomic E-state index is 12.0. The van der Waals surface area contributed by atoms with E-state index in [4.69, 9.17) is 5.11 Å². The highest BCUT2D eigenvalue weighted by atomic mass is 32.2. The molecule has 0 spiro atoms. The summed E-state index contributed by atoms with van der Waals surface area (Å²) in [6, 6.07) is 7.86. The van der Waals surface area contributed by atoms with E-state index in [9.17, 15) is 13.2 Å². The van der Waals surface area contributed by atoms with E-state index >= 15 is 0 Å². The lowest BCUT2D eigenvalue weighted by atomic mass is 10.2. The molecule has 6 nitrogen and oxygen atoms in total. The van der Waals surface area contributed by atoms with Crippen molar-refractivity contribution in [2.24, 2.45) is 5.10 Å². The van der Waals surface area contributed by atoms with Crippen LogP contribution in [-0.4, -0.2) is 25.7 Å². The van der Waals surface area contributed by atoms with E-state index in [2.05, 4.69) is 9.93 Å². The fourth-order valence-corrected chi connectivity index (χ4v) is 3.03. The van der Waals surface area contributed by atoms with Gasteiger partial charge in [0.05, 0.1) is 11.1 Å². The number of aryl methyl sites for hydroxylation is 1. The third-order valence-electron chi connectivity index (χ3n) is 2.60.